The van der Waals surface area contributed by atoms with Gasteiger partial charge in [0.1, 0.15) is 19.8 Å². The molecule has 2 unspecified atom stereocenters. The number of carbonyl (C=O) groups is 1. The number of ether oxygens (including phenoxy) is 2. The van der Waals surface area contributed by atoms with Crippen molar-refractivity contribution in [3.63, 3.8) is 0 Å². The van der Waals surface area contributed by atoms with Crippen molar-refractivity contribution in [3.8, 4) is 0 Å². The van der Waals surface area contributed by atoms with Crippen LogP contribution in [0.2, 0.25) is 0 Å². The van der Waals surface area contributed by atoms with Crippen LogP contribution in [-0.2, 0) is 27.9 Å². The van der Waals surface area contributed by atoms with E-state index in [0.717, 1.165) is 38.5 Å². The van der Waals surface area contributed by atoms with E-state index in [4.69, 9.17) is 18.5 Å². The predicted octanol–water partition coefficient (Wildman–Crippen LogP) is 11.4. The lowest BCUT2D eigenvalue weighted by molar-refractivity contribution is -0.870. The van der Waals surface area contributed by atoms with Crippen LogP contribution < -0.4 is 4.89 Å². The molecule has 0 bridgehead atoms. The zero-order valence-electron chi connectivity index (χ0n) is 36.2. The molecule has 0 fully saturated rings. The highest BCUT2D eigenvalue weighted by atomic mass is 31.2. The maximum atomic E-state index is 12.6. The van der Waals surface area contributed by atoms with E-state index in [1.165, 1.54) is 83.5 Å². The first kappa shape index (κ1) is 53.7. The number of nitrogens with zero attached hydrogens (tertiary/aromatic N) is 1. The Morgan fingerprint density at radius 1 is 0.696 bits per heavy atom. The molecular weight excluding hydrogens is 725 g/mol. The Bertz CT molecular complexity index is 1140. The zero-order valence-corrected chi connectivity index (χ0v) is 37.1. The molecule has 0 aliphatic rings. The Labute approximate surface area is 343 Å². The summed E-state index contributed by atoms with van der Waals surface area (Å²) < 4.78 is 34.2. The topological polar surface area (TPSA) is 114 Å². The van der Waals surface area contributed by atoms with Crippen LogP contribution >= 0.6 is 7.82 Å². The molecule has 0 amide bonds. The third-order valence-electron chi connectivity index (χ3n) is 8.91. The number of esters is 1. The SMILES string of the molecule is CC/C=C\C(O)C/C=C/C=C\C/C=C\C/C=C\CCCC(=O)O[C@H](CO/C=C/CCCCCCCCCCCCCCCC)COP(=O)([O-])OCC[N+](C)(C)C. The van der Waals surface area contributed by atoms with Crippen molar-refractivity contribution >= 4 is 13.8 Å². The first-order chi connectivity index (χ1) is 27.0. The number of aliphatic hydroxyl groups excluding tert-OH is 1. The Kier molecular flexibility index (Phi) is 36.7. The second-order valence-electron chi connectivity index (χ2n) is 15.6. The van der Waals surface area contributed by atoms with Crippen LogP contribution in [-0.4, -0.2) is 75.3 Å². The molecule has 0 rings (SSSR count). The van der Waals surface area contributed by atoms with Gasteiger partial charge in [-0.3, -0.25) is 9.36 Å². The largest absolute Gasteiger partial charge is 0.756 e. The van der Waals surface area contributed by atoms with Gasteiger partial charge in [-0.2, -0.15) is 0 Å². The van der Waals surface area contributed by atoms with Crippen LogP contribution in [0, 0.1) is 0 Å². The standard InChI is InChI=1S/C46H82NO8P/c1-6-8-10-11-12-13-14-15-16-17-20-23-26-29-32-35-40-52-42-45(43-54-56(50,51)53-41-39-47(3,4)5)55-46(49)38-34-31-28-25-22-19-18-21-24-27-30-33-37-44(48)36-9-7-2/h9,18-19,24-25,27-28,30,33,35-36,40,44-45,48H,6-8,10-17,20-23,26,29,31-32,34,37-39,41-43H2,1-5H3/b19-18-,27-24-,28-25-,33-30+,36-9-,40-35+/t44?,45-/m1/s1. The van der Waals surface area contributed by atoms with Gasteiger partial charge < -0.3 is 33.0 Å². The molecular formula is C46H82NO8P. The van der Waals surface area contributed by atoms with Crippen LogP contribution in [0.5, 0.6) is 0 Å². The summed E-state index contributed by atoms with van der Waals surface area (Å²) in [6.45, 7) is 4.41. The molecule has 56 heavy (non-hydrogen) atoms. The van der Waals surface area contributed by atoms with Crippen LogP contribution in [0.25, 0.3) is 0 Å². The Morgan fingerprint density at radius 2 is 1.27 bits per heavy atom. The number of phosphoric acid groups is 1. The highest BCUT2D eigenvalue weighted by molar-refractivity contribution is 7.45. The smallest absolute Gasteiger partial charge is 0.306 e. The number of quaternary nitrogens is 1. The number of allylic oxidation sites excluding steroid dienone is 9. The van der Waals surface area contributed by atoms with Crippen molar-refractivity contribution in [2.24, 2.45) is 0 Å². The van der Waals surface area contributed by atoms with Crippen molar-refractivity contribution in [2.45, 2.75) is 167 Å². The van der Waals surface area contributed by atoms with Gasteiger partial charge >= 0.3 is 5.97 Å². The molecule has 9 nitrogen and oxygen atoms in total. The van der Waals surface area contributed by atoms with Crippen molar-refractivity contribution in [2.75, 3.05) is 47.5 Å². The van der Waals surface area contributed by atoms with Gasteiger partial charge in [0.25, 0.3) is 7.82 Å². The lowest BCUT2D eigenvalue weighted by Crippen LogP contribution is -2.37. The summed E-state index contributed by atoms with van der Waals surface area (Å²) in [6, 6.07) is 0. The molecule has 0 aliphatic carbocycles. The van der Waals surface area contributed by atoms with Gasteiger partial charge in [-0.1, -0.05) is 158 Å². The molecule has 3 atom stereocenters. The van der Waals surface area contributed by atoms with E-state index >= 15 is 0 Å². The minimum Gasteiger partial charge on any atom is -0.756 e. The summed E-state index contributed by atoms with van der Waals surface area (Å²) in [5, 5.41) is 9.77. The van der Waals surface area contributed by atoms with Crippen LogP contribution in [0.3, 0.4) is 0 Å². The van der Waals surface area contributed by atoms with E-state index < -0.39 is 26.0 Å². The highest BCUT2D eigenvalue weighted by Crippen LogP contribution is 2.38. The van der Waals surface area contributed by atoms with Gasteiger partial charge in [0.05, 0.1) is 40.1 Å². The van der Waals surface area contributed by atoms with Crippen LogP contribution in [0.4, 0.5) is 0 Å². The fraction of sp³-hybridized carbons (Fsp3) is 0.717. The number of rotatable bonds is 39. The second-order valence-corrected chi connectivity index (χ2v) is 17.0. The summed E-state index contributed by atoms with van der Waals surface area (Å²) in [7, 11) is 1.25. The molecule has 0 aliphatic heterocycles. The van der Waals surface area contributed by atoms with Gasteiger partial charge in [0.15, 0.2) is 6.10 Å². The van der Waals surface area contributed by atoms with Gasteiger partial charge in [0.2, 0.25) is 0 Å². The Morgan fingerprint density at radius 3 is 1.89 bits per heavy atom. The first-order valence-electron chi connectivity index (χ1n) is 21.8. The average molecular weight is 808 g/mol. The van der Waals surface area contributed by atoms with Crippen molar-refractivity contribution in [1.29, 1.82) is 0 Å². The highest BCUT2D eigenvalue weighted by Gasteiger charge is 2.20. The molecule has 324 valence electrons. The molecule has 0 aromatic heterocycles. The number of hydrogen-bond donors (Lipinski definition) is 1. The molecule has 0 heterocycles. The van der Waals surface area contributed by atoms with Gasteiger partial charge in [-0.15, -0.1) is 0 Å². The zero-order chi connectivity index (χ0) is 41.4. The molecule has 0 spiro atoms. The van der Waals surface area contributed by atoms with Crippen molar-refractivity contribution in [3.05, 3.63) is 73.1 Å². The molecule has 0 radical (unpaired) electrons. The van der Waals surface area contributed by atoms with Crippen molar-refractivity contribution < 1.29 is 42.4 Å². The Balaban J connectivity index is 4.44. The monoisotopic (exact) mass is 808 g/mol. The first-order valence-corrected chi connectivity index (χ1v) is 23.3. The molecule has 0 saturated carbocycles. The number of carbonyl (C=O) groups excluding carboxylic acids is 1. The van der Waals surface area contributed by atoms with E-state index in [9.17, 15) is 19.4 Å². The summed E-state index contributed by atoms with van der Waals surface area (Å²) in [4.78, 5) is 25.0. The fourth-order valence-corrected chi connectivity index (χ4v) is 6.24. The predicted molar refractivity (Wildman–Crippen MR) is 232 cm³/mol. The second kappa shape index (κ2) is 38.3. The van der Waals surface area contributed by atoms with Crippen LogP contribution in [0.15, 0.2) is 73.1 Å². The average Bonchev–Trinajstić information content (AvgIpc) is 3.15. The lowest BCUT2D eigenvalue weighted by Gasteiger charge is -2.28. The molecule has 1 N–H and O–H groups in total. The van der Waals surface area contributed by atoms with E-state index in [0.29, 0.717) is 23.9 Å². The number of aliphatic hydroxyl groups is 1. The summed E-state index contributed by atoms with van der Waals surface area (Å²) >= 11 is 0. The van der Waals surface area contributed by atoms with Gasteiger partial charge in [0, 0.05) is 6.42 Å². The van der Waals surface area contributed by atoms with Gasteiger partial charge in [-0.05, 0) is 57.4 Å². The summed E-state index contributed by atoms with van der Waals surface area (Å²) in [5.41, 5.74) is 0. The third kappa shape index (κ3) is 41.4. The van der Waals surface area contributed by atoms with E-state index in [1.54, 1.807) is 6.26 Å². The molecule has 0 saturated heterocycles. The van der Waals surface area contributed by atoms with E-state index in [1.807, 2.05) is 70.6 Å². The van der Waals surface area contributed by atoms with E-state index in [2.05, 4.69) is 31.2 Å². The third-order valence-corrected chi connectivity index (χ3v) is 9.88. The van der Waals surface area contributed by atoms with Crippen LogP contribution in [0.1, 0.15) is 155 Å². The normalized spacial score (nSPS) is 15.0. The number of phosphoric ester groups is 1. The quantitative estimate of drug-likeness (QED) is 0.0124. The molecule has 10 heteroatoms. The maximum Gasteiger partial charge on any atom is 0.306 e. The summed E-state index contributed by atoms with van der Waals surface area (Å²) in [6.07, 6.45) is 46.4. The fourth-order valence-electron chi connectivity index (χ4n) is 5.51. The molecule has 0 aromatic carbocycles. The number of unbranched alkanes of at least 4 members (excludes halogenated alkanes) is 15. The maximum absolute atomic E-state index is 12.6. The molecule has 0 aromatic rings. The van der Waals surface area contributed by atoms with Crippen molar-refractivity contribution in [1.82, 2.24) is 0 Å². The lowest BCUT2D eigenvalue weighted by atomic mass is 10.0. The van der Waals surface area contributed by atoms with Gasteiger partial charge in [-0.25, -0.2) is 0 Å². The van der Waals surface area contributed by atoms with E-state index in [-0.39, 0.29) is 26.2 Å². The minimum atomic E-state index is -4.57. The number of likely N-dealkylation sites (N-methyl/N-ethyl adjacent to an activating group) is 1. The Hall–Kier alpha value is -2.26. The minimum absolute atomic E-state index is 0.00471. The number of hydrogen-bond acceptors (Lipinski definition) is 8. The summed E-state index contributed by atoms with van der Waals surface area (Å²) in [5.74, 6) is -0.429.